The Labute approximate surface area is 138 Å². The summed E-state index contributed by atoms with van der Waals surface area (Å²) in [7, 11) is 0. The van der Waals surface area contributed by atoms with Crippen LogP contribution >= 0.6 is 0 Å². The average molecular weight is 326 g/mol. The van der Waals surface area contributed by atoms with Crippen LogP contribution in [0.4, 0.5) is 0 Å². The smallest absolute Gasteiger partial charge is 0.259 e. The Hall–Kier alpha value is -2.77. The van der Waals surface area contributed by atoms with Crippen LogP contribution in [0.25, 0.3) is 11.1 Å². The topological polar surface area (TPSA) is 98.7 Å². The molecule has 0 spiro atoms. The van der Waals surface area contributed by atoms with Crippen molar-refractivity contribution in [3.05, 3.63) is 35.7 Å². The van der Waals surface area contributed by atoms with E-state index in [0.29, 0.717) is 34.8 Å². The molecule has 3 heterocycles. The maximum atomic E-state index is 12.8. The molecular weight excluding hydrogens is 308 g/mol. The normalized spacial score (nSPS) is 15.6. The van der Waals surface area contributed by atoms with Gasteiger partial charge in [-0.1, -0.05) is 5.16 Å². The number of carbonyl (C=O) groups is 1. The highest BCUT2D eigenvalue weighted by Gasteiger charge is 2.28. The minimum absolute atomic E-state index is 0.0908. The van der Waals surface area contributed by atoms with Crippen molar-refractivity contribution >= 4 is 17.0 Å². The Morgan fingerprint density at radius 2 is 2.33 bits per heavy atom. The summed E-state index contributed by atoms with van der Waals surface area (Å²) in [4.78, 5) is 21.2. The molecule has 0 saturated heterocycles. The zero-order valence-corrected chi connectivity index (χ0v) is 13.6. The van der Waals surface area contributed by atoms with Crippen molar-refractivity contribution in [2.75, 3.05) is 0 Å². The number of pyridine rings is 1. The lowest BCUT2D eigenvalue weighted by Crippen LogP contribution is -2.36. The molecule has 1 aliphatic rings. The van der Waals surface area contributed by atoms with Gasteiger partial charge >= 0.3 is 0 Å². The first kappa shape index (κ1) is 14.8. The number of fused-ring (bicyclic) bond motifs is 1. The van der Waals surface area contributed by atoms with E-state index in [9.17, 15) is 4.79 Å². The van der Waals surface area contributed by atoms with E-state index in [4.69, 9.17) is 4.52 Å². The number of hydrogen-bond donors (Lipinski definition) is 1. The molecule has 4 rings (SSSR count). The van der Waals surface area contributed by atoms with E-state index in [2.05, 4.69) is 25.5 Å². The van der Waals surface area contributed by atoms with Crippen LogP contribution in [-0.2, 0) is 6.54 Å². The molecule has 0 aliphatic heterocycles. The Morgan fingerprint density at radius 3 is 3.04 bits per heavy atom. The third-order valence-corrected chi connectivity index (χ3v) is 4.18. The molecule has 0 aromatic carbocycles. The van der Waals surface area contributed by atoms with Crippen LogP contribution in [0.1, 0.15) is 47.4 Å². The van der Waals surface area contributed by atoms with E-state index in [0.717, 1.165) is 18.5 Å². The minimum atomic E-state index is -0.150. The van der Waals surface area contributed by atoms with Crippen LogP contribution in [0.5, 0.6) is 0 Å². The van der Waals surface area contributed by atoms with Crippen molar-refractivity contribution in [1.82, 2.24) is 30.2 Å². The van der Waals surface area contributed by atoms with Crippen molar-refractivity contribution in [2.45, 2.75) is 45.2 Å². The fourth-order valence-electron chi connectivity index (χ4n) is 2.84. The number of carbonyl (C=O) groups excluding carboxylic acids is 1. The number of nitrogens with one attached hydrogen (secondary N) is 1. The SMILES string of the molecule is Cc1noc2nc(C3CC3)cc(C(=O)NC(C)Cn3cncn3)c12. The molecule has 1 saturated carbocycles. The molecule has 1 aliphatic carbocycles. The maximum Gasteiger partial charge on any atom is 0.259 e. The summed E-state index contributed by atoms with van der Waals surface area (Å²) in [6, 6.07) is 1.79. The van der Waals surface area contributed by atoms with Crippen molar-refractivity contribution in [3.63, 3.8) is 0 Å². The molecule has 3 aromatic heterocycles. The predicted molar refractivity (Wildman–Crippen MR) is 85.5 cm³/mol. The Morgan fingerprint density at radius 1 is 1.50 bits per heavy atom. The summed E-state index contributed by atoms with van der Waals surface area (Å²) in [5.74, 6) is 0.280. The molecule has 1 unspecified atom stereocenters. The van der Waals surface area contributed by atoms with Gasteiger partial charge in [-0.05, 0) is 32.8 Å². The Bertz CT molecular complexity index is 881. The molecule has 1 fully saturated rings. The fraction of sp³-hybridized carbons (Fsp3) is 0.438. The second-order valence-electron chi connectivity index (χ2n) is 6.31. The summed E-state index contributed by atoms with van der Waals surface area (Å²) < 4.78 is 6.97. The van der Waals surface area contributed by atoms with Gasteiger partial charge in [0.15, 0.2) is 0 Å². The molecule has 0 bridgehead atoms. The number of aryl methyl sites for hydroxylation is 1. The third-order valence-electron chi connectivity index (χ3n) is 4.18. The summed E-state index contributed by atoms with van der Waals surface area (Å²) in [6.45, 7) is 4.30. The summed E-state index contributed by atoms with van der Waals surface area (Å²) in [5, 5.41) is 11.7. The molecule has 3 aromatic rings. The van der Waals surface area contributed by atoms with Gasteiger partial charge in [0.1, 0.15) is 12.7 Å². The molecular formula is C16H18N6O2. The van der Waals surface area contributed by atoms with Gasteiger partial charge in [0.25, 0.3) is 11.6 Å². The van der Waals surface area contributed by atoms with Gasteiger partial charge in [-0.25, -0.2) is 9.97 Å². The number of rotatable bonds is 5. The van der Waals surface area contributed by atoms with Crippen LogP contribution in [-0.4, -0.2) is 36.9 Å². The highest BCUT2D eigenvalue weighted by molar-refractivity contribution is 6.06. The van der Waals surface area contributed by atoms with E-state index >= 15 is 0 Å². The first-order valence-electron chi connectivity index (χ1n) is 8.02. The number of hydrogen-bond acceptors (Lipinski definition) is 6. The molecule has 1 N–H and O–H groups in total. The molecule has 8 heteroatoms. The van der Waals surface area contributed by atoms with Gasteiger partial charge in [-0.2, -0.15) is 5.10 Å². The largest absolute Gasteiger partial charge is 0.348 e. The minimum Gasteiger partial charge on any atom is -0.348 e. The van der Waals surface area contributed by atoms with E-state index in [1.54, 1.807) is 11.0 Å². The van der Waals surface area contributed by atoms with Crippen LogP contribution in [0.3, 0.4) is 0 Å². The van der Waals surface area contributed by atoms with E-state index < -0.39 is 0 Å². The quantitative estimate of drug-likeness (QED) is 0.768. The van der Waals surface area contributed by atoms with Gasteiger partial charge in [-0.15, -0.1) is 0 Å². The lowest BCUT2D eigenvalue weighted by molar-refractivity contribution is 0.0937. The number of aromatic nitrogens is 5. The maximum absolute atomic E-state index is 12.8. The fourth-order valence-corrected chi connectivity index (χ4v) is 2.84. The lowest BCUT2D eigenvalue weighted by atomic mass is 10.1. The lowest BCUT2D eigenvalue weighted by Gasteiger charge is -2.14. The molecule has 124 valence electrons. The van der Waals surface area contributed by atoms with Crippen molar-refractivity contribution in [1.29, 1.82) is 0 Å². The first-order valence-corrected chi connectivity index (χ1v) is 8.02. The molecule has 1 atom stereocenters. The van der Waals surface area contributed by atoms with Gasteiger partial charge < -0.3 is 9.84 Å². The molecule has 24 heavy (non-hydrogen) atoms. The van der Waals surface area contributed by atoms with Crippen LogP contribution < -0.4 is 5.32 Å². The van der Waals surface area contributed by atoms with E-state index in [-0.39, 0.29) is 11.9 Å². The Balaban J connectivity index is 1.62. The third kappa shape index (κ3) is 2.75. The van der Waals surface area contributed by atoms with Crippen molar-refractivity contribution in [2.24, 2.45) is 0 Å². The Kier molecular flexibility index (Phi) is 3.51. The second kappa shape index (κ2) is 5.70. The van der Waals surface area contributed by atoms with Gasteiger partial charge in [-0.3, -0.25) is 9.48 Å². The zero-order valence-electron chi connectivity index (χ0n) is 13.6. The van der Waals surface area contributed by atoms with E-state index in [1.165, 1.54) is 6.33 Å². The highest BCUT2D eigenvalue weighted by atomic mass is 16.5. The monoisotopic (exact) mass is 326 g/mol. The molecule has 8 nitrogen and oxygen atoms in total. The van der Waals surface area contributed by atoms with Crippen molar-refractivity contribution in [3.8, 4) is 0 Å². The standard InChI is InChI=1S/C16H18N6O2/c1-9(6-22-8-17-7-18-22)19-15(23)12-5-13(11-3-4-11)20-16-14(12)10(2)21-24-16/h5,7-9,11H,3-4,6H2,1-2H3,(H,19,23). The zero-order chi connectivity index (χ0) is 16.7. The van der Waals surface area contributed by atoms with Gasteiger partial charge in [0.2, 0.25) is 0 Å². The predicted octanol–water partition coefficient (Wildman–Crippen LogP) is 1.82. The average Bonchev–Trinajstić information content (AvgIpc) is 3.17. The van der Waals surface area contributed by atoms with Gasteiger partial charge in [0.05, 0.1) is 23.2 Å². The van der Waals surface area contributed by atoms with Crippen LogP contribution in [0, 0.1) is 6.92 Å². The number of nitrogens with zero attached hydrogens (tertiary/aromatic N) is 5. The number of amides is 1. The van der Waals surface area contributed by atoms with Crippen LogP contribution in [0.15, 0.2) is 23.2 Å². The molecule has 0 radical (unpaired) electrons. The first-order chi connectivity index (χ1) is 11.6. The molecule has 1 amide bonds. The van der Waals surface area contributed by atoms with Crippen molar-refractivity contribution < 1.29 is 9.32 Å². The summed E-state index contributed by atoms with van der Waals surface area (Å²) in [6.07, 6.45) is 5.32. The summed E-state index contributed by atoms with van der Waals surface area (Å²) >= 11 is 0. The second-order valence-corrected chi connectivity index (χ2v) is 6.31. The van der Waals surface area contributed by atoms with Gasteiger partial charge in [0, 0.05) is 17.7 Å². The van der Waals surface area contributed by atoms with E-state index in [1.807, 2.05) is 19.9 Å². The summed E-state index contributed by atoms with van der Waals surface area (Å²) in [5.41, 5.74) is 2.60. The highest BCUT2D eigenvalue weighted by Crippen LogP contribution is 2.40. The van der Waals surface area contributed by atoms with Crippen LogP contribution in [0.2, 0.25) is 0 Å².